The van der Waals surface area contributed by atoms with Crippen molar-refractivity contribution in [3.05, 3.63) is 84.0 Å². The van der Waals surface area contributed by atoms with E-state index in [2.05, 4.69) is 18.5 Å². The van der Waals surface area contributed by atoms with Crippen LogP contribution in [0.4, 0.5) is 5.69 Å². The lowest BCUT2D eigenvalue weighted by Crippen LogP contribution is -2.10. The number of phenols is 1. The SMILES string of the molecule is C=CCc1cc(C=CC(=O)c2ccc(NC)cc2)c(OC(C)C)c(CC=C)c1O. The van der Waals surface area contributed by atoms with Crippen molar-refractivity contribution in [2.75, 3.05) is 12.4 Å². The minimum Gasteiger partial charge on any atom is -0.507 e. The summed E-state index contributed by atoms with van der Waals surface area (Å²) in [5.41, 5.74) is 3.69. The van der Waals surface area contributed by atoms with E-state index in [1.807, 2.05) is 39.1 Å². The van der Waals surface area contributed by atoms with Gasteiger partial charge in [0.1, 0.15) is 11.5 Å². The van der Waals surface area contributed by atoms with Gasteiger partial charge < -0.3 is 15.2 Å². The van der Waals surface area contributed by atoms with Crippen LogP contribution in [0.1, 0.15) is 40.9 Å². The maximum atomic E-state index is 12.6. The number of carbonyl (C=O) groups is 1. The Labute approximate surface area is 173 Å². The number of benzene rings is 2. The molecule has 0 radical (unpaired) electrons. The number of anilines is 1. The molecule has 0 bridgehead atoms. The third-order valence-electron chi connectivity index (χ3n) is 4.39. The van der Waals surface area contributed by atoms with Gasteiger partial charge in [-0.3, -0.25) is 4.79 Å². The highest BCUT2D eigenvalue weighted by molar-refractivity contribution is 6.07. The van der Waals surface area contributed by atoms with Gasteiger partial charge in [-0.2, -0.15) is 0 Å². The van der Waals surface area contributed by atoms with E-state index in [0.29, 0.717) is 29.7 Å². The van der Waals surface area contributed by atoms with Crippen LogP contribution in [0.2, 0.25) is 0 Å². The summed E-state index contributed by atoms with van der Waals surface area (Å²) in [7, 11) is 1.83. The van der Waals surface area contributed by atoms with Crippen LogP contribution in [0, 0.1) is 0 Å². The molecule has 2 N–H and O–H groups in total. The number of allylic oxidation sites excluding steroid dienone is 3. The Bertz CT molecular complexity index is 909. The number of rotatable bonds is 10. The fourth-order valence-corrected chi connectivity index (χ4v) is 3.00. The second kappa shape index (κ2) is 10.3. The summed E-state index contributed by atoms with van der Waals surface area (Å²) >= 11 is 0. The maximum absolute atomic E-state index is 12.6. The minimum absolute atomic E-state index is 0.0832. The van der Waals surface area contributed by atoms with Crippen molar-refractivity contribution in [3.8, 4) is 11.5 Å². The molecule has 29 heavy (non-hydrogen) atoms. The van der Waals surface area contributed by atoms with E-state index in [9.17, 15) is 9.90 Å². The number of aromatic hydroxyl groups is 1. The van der Waals surface area contributed by atoms with E-state index in [1.54, 1.807) is 30.4 Å². The fourth-order valence-electron chi connectivity index (χ4n) is 3.00. The summed E-state index contributed by atoms with van der Waals surface area (Å²) in [6.07, 6.45) is 7.62. The molecule has 0 aliphatic carbocycles. The first kappa shape index (κ1) is 22.0. The molecular formula is C25H29NO3. The van der Waals surface area contributed by atoms with Crippen molar-refractivity contribution in [1.29, 1.82) is 0 Å². The Balaban J connectivity index is 2.49. The van der Waals surface area contributed by atoms with E-state index in [-0.39, 0.29) is 17.6 Å². The molecule has 2 rings (SSSR count). The van der Waals surface area contributed by atoms with E-state index in [1.165, 1.54) is 6.08 Å². The predicted octanol–water partition coefficient (Wildman–Crippen LogP) is 5.57. The largest absolute Gasteiger partial charge is 0.507 e. The third kappa shape index (κ3) is 5.61. The van der Waals surface area contributed by atoms with E-state index >= 15 is 0 Å². The van der Waals surface area contributed by atoms with Crippen LogP contribution >= 0.6 is 0 Å². The van der Waals surface area contributed by atoms with Crippen LogP contribution < -0.4 is 10.1 Å². The summed E-state index contributed by atoms with van der Waals surface area (Å²) in [6.45, 7) is 11.4. The highest BCUT2D eigenvalue weighted by Crippen LogP contribution is 2.37. The predicted molar refractivity (Wildman–Crippen MR) is 121 cm³/mol. The van der Waals surface area contributed by atoms with Gasteiger partial charge >= 0.3 is 0 Å². The Hall–Kier alpha value is -3.27. The van der Waals surface area contributed by atoms with Gasteiger partial charge in [-0.25, -0.2) is 0 Å². The van der Waals surface area contributed by atoms with Gasteiger partial charge in [-0.15, -0.1) is 13.2 Å². The molecule has 152 valence electrons. The van der Waals surface area contributed by atoms with Gasteiger partial charge in [0.15, 0.2) is 5.78 Å². The molecule has 2 aromatic rings. The monoisotopic (exact) mass is 391 g/mol. The Morgan fingerprint density at radius 2 is 1.83 bits per heavy atom. The smallest absolute Gasteiger partial charge is 0.185 e. The molecule has 4 nitrogen and oxygen atoms in total. The van der Waals surface area contributed by atoms with Gasteiger partial charge in [0, 0.05) is 29.4 Å². The molecule has 0 atom stereocenters. The molecule has 0 heterocycles. The molecule has 0 unspecified atom stereocenters. The maximum Gasteiger partial charge on any atom is 0.185 e. The number of hydrogen-bond donors (Lipinski definition) is 2. The molecule has 0 aliphatic rings. The number of phenolic OH excluding ortho intramolecular Hbond substituents is 1. The number of ketones is 1. The van der Waals surface area contributed by atoms with Crippen LogP contribution in [0.25, 0.3) is 6.08 Å². The summed E-state index contributed by atoms with van der Waals surface area (Å²) in [5.74, 6) is 0.651. The van der Waals surface area contributed by atoms with Crippen molar-refractivity contribution in [2.45, 2.75) is 32.8 Å². The van der Waals surface area contributed by atoms with E-state index in [0.717, 1.165) is 16.8 Å². The number of hydrogen-bond acceptors (Lipinski definition) is 4. The van der Waals surface area contributed by atoms with Gasteiger partial charge in [0.2, 0.25) is 0 Å². The second-order valence-corrected chi connectivity index (χ2v) is 6.96. The summed E-state index contributed by atoms with van der Waals surface area (Å²) in [6, 6.07) is 9.13. The van der Waals surface area contributed by atoms with Crippen molar-refractivity contribution in [1.82, 2.24) is 0 Å². The lowest BCUT2D eigenvalue weighted by molar-refractivity contribution is 0.104. The van der Waals surface area contributed by atoms with Crippen LogP contribution in [-0.2, 0) is 12.8 Å². The van der Waals surface area contributed by atoms with Crippen LogP contribution in [0.5, 0.6) is 11.5 Å². The molecule has 4 heteroatoms. The lowest BCUT2D eigenvalue weighted by Gasteiger charge is -2.19. The highest BCUT2D eigenvalue weighted by Gasteiger charge is 2.18. The molecule has 0 aromatic heterocycles. The zero-order chi connectivity index (χ0) is 21.4. The fraction of sp³-hybridized carbons (Fsp3) is 0.240. The number of carbonyl (C=O) groups excluding carboxylic acids is 1. The Morgan fingerprint density at radius 1 is 1.17 bits per heavy atom. The second-order valence-electron chi connectivity index (χ2n) is 6.96. The molecule has 0 spiro atoms. The van der Waals surface area contributed by atoms with Gasteiger partial charge in [0.25, 0.3) is 0 Å². The van der Waals surface area contributed by atoms with Crippen molar-refractivity contribution < 1.29 is 14.6 Å². The van der Waals surface area contributed by atoms with Crippen molar-refractivity contribution >= 4 is 17.5 Å². The number of nitrogens with one attached hydrogen (secondary N) is 1. The lowest BCUT2D eigenvalue weighted by atomic mass is 9.97. The highest BCUT2D eigenvalue weighted by atomic mass is 16.5. The van der Waals surface area contributed by atoms with Crippen LogP contribution in [0.15, 0.2) is 61.7 Å². The summed E-state index contributed by atoms with van der Waals surface area (Å²) in [5, 5.41) is 13.7. The van der Waals surface area contributed by atoms with E-state index in [4.69, 9.17) is 4.74 Å². The normalized spacial score (nSPS) is 10.9. The standard InChI is InChI=1S/C25H29NO3/c1-6-8-19-16-20(25(29-17(3)4)22(9-7-2)24(19)28)12-15-23(27)18-10-13-21(26-5)14-11-18/h6-7,10-17,26,28H,1-2,8-9H2,3-5H3. The molecule has 0 fully saturated rings. The third-order valence-corrected chi connectivity index (χ3v) is 4.39. The molecule has 0 saturated heterocycles. The topological polar surface area (TPSA) is 58.6 Å². The molecule has 0 saturated carbocycles. The van der Waals surface area contributed by atoms with Gasteiger partial charge in [-0.1, -0.05) is 12.2 Å². The van der Waals surface area contributed by atoms with Crippen molar-refractivity contribution in [3.63, 3.8) is 0 Å². The van der Waals surface area contributed by atoms with Gasteiger partial charge in [0.05, 0.1) is 6.10 Å². The van der Waals surface area contributed by atoms with Crippen LogP contribution in [-0.4, -0.2) is 24.0 Å². The quantitative estimate of drug-likeness (QED) is 0.316. The first-order valence-corrected chi connectivity index (χ1v) is 9.67. The molecule has 0 amide bonds. The van der Waals surface area contributed by atoms with Crippen molar-refractivity contribution in [2.24, 2.45) is 0 Å². The molecule has 0 aliphatic heterocycles. The molecular weight excluding hydrogens is 362 g/mol. The number of ether oxygens (including phenoxy) is 1. The van der Waals surface area contributed by atoms with E-state index < -0.39 is 0 Å². The average Bonchev–Trinajstić information content (AvgIpc) is 2.71. The molecule has 2 aromatic carbocycles. The van der Waals surface area contributed by atoms with Crippen LogP contribution in [0.3, 0.4) is 0 Å². The Kier molecular flexibility index (Phi) is 7.84. The first-order chi connectivity index (χ1) is 13.9. The summed E-state index contributed by atoms with van der Waals surface area (Å²) < 4.78 is 6.01. The zero-order valence-electron chi connectivity index (χ0n) is 17.4. The van der Waals surface area contributed by atoms with Gasteiger partial charge in [-0.05, 0) is 74.7 Å². The minimum atomic E-state index is -0.105. The first-order valence-electron chi connectivity index (χ1n) is 9.67. The average molecular weight is 392 g/mol. The Morgan fingerprint density at radius 3 is 2.38 bits per heavy atom. The summed E-state index contributed by atoms with van der Waals surface area (Å²) in [4.78, 5) is 12.6. The zero-order valence-corrected chi connectivity index (χ0v) is 17.4.